The molecule has 1 fully saturated rings. The predicted molar refractivity (Wildman–Crippen MR) is 104 cm³/mol. The minimum Gasteiger partial charge on any atom is -1.00 e. The van der Waals surface area contributed by atoms with Gasteiger partial charge in [-0.3, -0.25) is 0 Å². The summed E-state index contributed by atoms with van der Waals surface area (Å²) < 4.78 is 10.3. The highest BCUT2D eigenvalue weighted by Crippen LogP contribution is 2.35. The number of esters is 1. The summed E-state index contributed by atoms with van der Waals surface area (Å²) in [7, 11) is 2.07. The summed E-state index contributed by atoms with van der Waals surface area (Å²) in [5, 5.41) is 0. The maximum atomic E-state index is 12.8. The number of rotatable bonds is 5. The summed E-state index contributed by atoms with van der Waals surface area (Å²) in [4.78, 5) is 12.8. The predicted octanol–water partition coefficient (Wildman–Crippen LogP) is 1.04. The van der Waals surface area contributed by atoms with Crippen molar-refractivity contribution in [2.45, 2.75) is 66.0 Å². The molecule has 3 rings (SSSR count). The molecule has 1 aromatic heterocycles. The second-order valence-electron chi connectivity index (χ2n) is 8.26. The average molecular weight is 393 g/mol. The Kier molecular flexibility index (Phi) is 7.32. The van der Waals surface area contributed by atoms with Crippen molar-refractivity contribution < 1.29 is 26.5 Å². The highest BCUT2D eigenvalue weighted by atomic mass is 35.5. The molecule has 4 nitrogen and oxygen atoms in total. The largest absolute Gasteiger partial charge is 1.00 e. The van der Waals surface area contributed by atoms with Crippen molar-refractivity contribution in [3.05, 3.63) is 30.1 Å². The van der Waals surface area contributed by atoms with Crippen LogP contribution in [0.4, 0.5) is 0 Å². The van der Waals surface area contributed by atoms with E-state index < -0.39 is 0 Å². The second kappa shape index (κ2) is 9.09. The fraction of sp³-hybridized carbons (Fsp3) is 0.636. The van der Waals surface area contributed by atoms with Crippen LogP contribution in [0.3, 0.4) is 0 Å². The van der Waals surface area contributed by atoms with Crippen molar-refractivity contribution in [3.63, 3.8) is 0 Å². The van der Waals surface area contributed by atoms with Crippen LogP contribution < -0.4 is 17.0 Å². The van der Waals surface area contributed by atoms with E-state index in [9.17, 15) is 4.79 Å². The Morgan fingerprint density at radius 3 is 2.67 bits per heavy atom. The zero-order valence-corrected chi connectivity index (χ0v) is 18.0. The maximum absolute atomic E-state index is 12.8. The first-order valence-electron chi connectivity index (χ1n) is 10.1. The summed E-state index contributed by atoms with van der Waals surface area (Å²) in [5.41, 5.74) is 2.25. The number of aromatic nitrogens is 2. The molecular weight excluding hydrogens is 360 g/mol. The van der Waals surface area contributed by atoms with Gasteiger partial charge in [0.15, 0.2) is 17.6 Å². The van der Waals surface area contributed by atoms with Crippen LogP contribution in [0.5, 0.6) is 0 Å². The summed E-state index contributed by atoms with van der Waals surface area (Å²) in [6.07, 6.45) is 4.35. The van der Waals surface area contributed by atoms with Gasteiger partial charge in [0.05, 0.1) is 7.05 Å². The molecule has 1 aliphatic carbocycles. The number of benzene rings is 1. The first-order chi connectivity index (χ1) is 12.4. The zero-order chi connectivity index (χ0) is 18.8. The number of ether oxygens (including phenoxy) is 1. The van der Waals surface area contributed by atoms with Crippen LogP contribution in [0.1, 0.15) is 52.8 Å². The Morgan fingerprint density at radius 2 is 2.00 bits per heavy atom. The molecule has 0 aliphatic heterocycles. The number of aryl methyl sites for hydroxylation is 1. The Bertz CT molecular complexity index is 784. The van der Waals surface area contributed by atoms with E-state index >= 15 is 0 Å². The molecule has 1 saturated carbocycles. The minimum atomic E-state index is -0.106. The molecule has 150 valence electrons. The van der Waals surface area contributed by atoms with Gasteiger partial charge in [-0.25, -0.2) is 13.9 Å². The van der Waals surface area contributed by atoms with Gasteiger partial charge in [-0.2, -0.15) is 0 Å². The lowest BCUT2D eigenvalue weighted by Gasteiger charge is -2.36. The number of hydrogen-bond donors (Lipinski definition) is 0. The van der Waals surface area contributed by atoms with Crippen molar-refractivity contribution in [2.24, 2.45) is 24.8 Å². The van der Waals surface area contributed by atoms with Crippen molar-refractivity contribution >= 4 is 17.0 Å². The molecule has 0 saturated heterocycles. The quantitative estimate of drug-likeness (QED) is 0.563. The molecule has 0 spiro atoms. The van der Waals surface area contributed by atoms with Crippen molar-refractivity contribution in [3.8, 4) is 0 Å². The molecule has 3 atom stereocenters. The number of carbonyl (C=O) groups excluding carboxylic acids is 1. The van der Waals surface area contributed by atoms with E-state index in [1.165, 1.54) is 12.8 Å². The van der Waals surface area contributed by atoms with Crippen LogP contribution in [0.2, 0.25) is 0 Å². The first-order valence-corrected chi connectivity index (χ1v) is 10.1. The highest BCUT2D eigenvalue weighted by molar-refractivity contribution is 5.76. The van der Waals surface area contributed by atoms with Gasteiger partial charge in [-0.05, 0) is 42.7 Å². The number of para-hydroxylation sites is 2. The van der Waals surface area contributed by atoms with Crippen LogP contribution in [-0.2, 0) is 29.5 Å². The van der Waals surface area contributed by atoms with E-state index in [0.717, 1.165) is 29.7 Å². The Labute approximate surface area is 169 Å². The van der Waals surface area contributed by atoms with Gasteiger partial charge < -0.3 is 17.1 Å². The fourth-order valence-corrected chi connectivity index (χ4v) is 4.63. The lowest BCUT2D eigenvalue weighted by atomic mass is 9.75. The van der Waals surface area contributed by atoms with Crippen LogP contribution in [0, 0.1) is 17.8 Å². The molecule has 0 N–H and O–H groups in total. The van der Waals surface area contributed by atoms with E-state index in [2.05, 4.69) is 56.0 Å². The normalized spacial score (nSPS) is 22.7. The van der Waals surface area contributed by atoms with E-state index in [1.807, 2.05) is 12.1 Å². The summed E-state index contributed by atoms with van der Waals surface area (Å²) in [6, 6.07) is 8.26. The minimum absolute atomic E-state index is 0. The monoisotopic (exact) mass is 392 g/mol. The molecule has 0 amide bonds. The first kappa shape index (κ1) is 21.7. The van der Waals surface area contributed by atoms with E-state index in [0.29, 0.717) is 24.3 Å². The van der Waals surface area contributed by atoms with Gasteiger partial charge in [0.1, 0.15) is 6.10 Å². The highest BCUT2D eigenvalue weighted by Gasteiger charge is 2.34. The van der Waals surface area contributed by atoms with E-state index in [1.54, 1.807) is 0 Å². The number of fused-ring (bicyclic) bond motifs is 1. The number of halogens is 1. The summed E-state index contributed by atoms with van der Waals surface area (Å²) in [5.74, 6) is 2.72. The molecule has 1 aromatic carbocycles. The topological polar surface area (TPSA) is 35.1 Å². The van der Waals surface area contributed by atoms with Crippen LogP contribution in [-0.4, -0.2) is 16.6 Å². The van der Waals surface area contributed by atoms with Crippen molar-refractivity contribution in [2.75, 3.05) is 0 Å². The molecule has 2 aromatic rings. The van der Waals surface area contributed by atoms with Crippen LogP contribution in [0.25, 0.3) is 11.0 Å². The Hall–Kier alpha value is -1.55. The molecule has 5 heteroatoms. The van der Waals surface area contributed by atoms with Gasteiger partial charge in [-0.15, -0.1) is 0 Å². The lowest BCUT2D eigenvalue weighted by molar-refractivity contribution is -0.653. The van der Waals surface area contributed by atoms with Crippen molar-refractivity contribution in [1.82, 2.24) is 4.57 Å². The van der Waals surface area contributed by atoms with Gasteiger partial charge in [0.2, 0.25) is 0 Å². The number of hydrogen-bond acceptors (Lipinski definition) is 2. The number of carbonyl (C=O) groups is 1. The van der Waals surface area contributed by atoms with E-state index in [4.69, 9.17) is 4.74 Å². The third kappa shape index (κ3) is 4.48. The standard InChI is InChI=1S/C22H33N2O2.ClH/c1-6-21-23(5)18-9-7-8-10-19(18)24(21)14-22(25)26-20-13-16(4)11-12-17(20)15(2)3;/h7-10,15-17,20H,6,11-14H2,1-5H3;1H/q+1;/p-1/t16-,17+,20?;/m0./s1. The maximum Gasteiger partial charge on any atom is 0.348 e. The SMILES string of the molecule is CCc1n(CC(=O)OC2C[C@@H](C)CC[C@@H]2C(C)C)c2ccccc2[n+]1C.[Cl-]. The molecule has 1 heterocycles. The molecular formula is C22H33ClN2O2. The molecule has 0 radical (unpaired) electrons. The number of nitrogens with zero attached hydrogens (tertiary/aromatic N) is 2. The zero-order valence-electron chi connectivity index (χ0n) is 17.2. The summed E-state index contributed by atoms with van der Waals surface area (Å²) in [6.45, 7) is 9.19. The van der Waals surface area contributed by atoms with Gasteiger partial charge >= 0.3 is 5.97 Å². The lowest BCUT2D eigenvalue weighted by Crippen LogP contribution is -3.00. The smallest absolute Gasteiger partial charge is 0.348 e. The Morgan fingerprint density at radius 1 is 1.30 bits per heavy atom. The third-order valence-electron chi connectivity index (χ3n) is 6.08. The second-order valence-corrected chi connectivity index (χ2v) is 8.26. The Balaban J connectivity index is 0.00000261. The average Bonchev–Trinajstić information content (AvgIpc) is 2.86. The van der Waals surface area contributed by atoms with Gasteiger partial charge in [0, 0.05) is 6.42 Å². The molecule has 0 bridgehead atoms. The summed E-state index contributed by atoms with van der Waals surface area (Å²) >= 11 is 0. The third-order valence-corrected chi connectivity index (χ3v) is 6.08. The number of imidazole rings is 1. The van der Waals surface area contributed by atoms with E-state index in [-0.39, 0.29) is 24.5 Å². The molecule has 27 heavy (non-hydrogen) atoms. The van der Waals surface area contributed by atoms with Crippen molar-refractivity contribution in [1.29, 1.82) is 0 Å². The fourth-order valence-electron chi connectivity index (χ4n) is 4.63. The molecule has 1 unspecified atom stereocenters. The van der Waals surface area contributed by atoms with Gasteiger partial charge in [0.25, 0.3) is 5.82 Å². The van der Waals surface area contributed by atoms with Crippen LogP contribution in [0.15, 0.2) is 24.3 Å². The molecule has 1 aliphatic rings. The van der Waals surface area contributed by atoms with Crippen LogP contribution >= 0.6 is 0 Å². The van der Waals surface area contributed by atoms with Gasteiger partial charge in [-0.1, -0.05) is 46.2 Å².